The van der Waals surface area contributed by atoms with Crippen molar-refractivity contribution in [1.29, 1.82) is 0 Å². The van der Waals surface area contributed by atoms with E-state index in [2.05, 4.69) is 5.32 Å². The molecule has 3 aliphatic rings. The Kier molecular flexibility index (Phi) is 8.09. The molecular weight excluding hydrogens is 538 g/mol. The van der Waals surface area contributed by atoms with Crippen molar-refractivity contribution in [3.63, 3.8) is 0 Å². The number of esters is 1. The lowest BCUT2D eigenvalue weighted by Crippen LogP contribution is -2.77. The molecule has 0 aliphatic heterocycles. The van der Waals surface area contributed by atoms with Crippen molar-refractivity contribution in [2.45, 2.75) is 56.9 Å². The number of hydrogen-bond donors (Lipinski definition) is 5. The third kappa shape index (κ3) is 4.52. The first-order valence-corrected chi connectivity index (χ1v) is 13.5. The van der Waals surface area contributed by atoms with Gasteiger partial charge in [-0.2, -0.15) is 0 Å². The molecule has 0 heterocycles. The average Bonchev–Trinajstić information content (AvgIpc) is 2.89. The van der Waals surface area contributed by atoms with E-state index in [4.69, 9.17) is 10.5 Å². The molecule has 8 atom stereocenters. The van der Waals surface area contributed by atoms with Gasteiger partial charge in [-0.05, 0) is 45.5 Å². The predicted octanol–water partition coefficient (Wildman–Crippen LogP) is -1.02. The summed E-state index contributed by atoms with van der Waals surface area (Å²) in [5.41, 5.74) is 2.32. The molecule has 4 rings (SSSR count). The van der Waals surface area contributed by atoms with Crippen LogP contribution in [0.3, 0.4) is 0 Å². The number of Topliss-reactive ketones (excluding diaryl/α,β-unsaturated/α-hetero) is 4. The van der Waals surface area contributed by atoms with E-state index in [1.54, 1.807) is 6.92 Å². The van der Waals surface area contributed by atoms with Crippen molar-refractivity contribution in [1.82, 2.24) is 4.90 Å². The van der Waals surface area contributed by atoms with E-state index in [0.717, 1.165) is 0 Å². The Labute approximate surface area is 236 Å². The number of primary amides is 1. The highest BCUT2D eigenvalue weighted by Gasteiger charge is 2.72. The van der Waals surface area contributed by atoms with Crippen LogP contribution in [-0.2, 0) is 35.1 Å². The third-order valence-corrected chi connectivity index (χ3v) is 8.50. The van der Waals surface area contributed by atoms with E-state index >= 15 is 0 Å². The first-order chi connectivity index (χ1) is 19.2. The van der Waals surface area contributed by atoms with Gasteiger partial charge in [-0.1, -0.05) is 19.4 Å². The zero-order valence-corrected chi connectivity index (χ0v) is 23.2. The lowest BCUT2D eigenvalue weighted by atomic mass is 9.51. The molecule has 2 saturated carbocycles. The summed E-state index contributed by atoms with van der Waals surface area (Å²) in [6.07, 6.45) is -0.820. The topological polar surface area (TPSA) is 214 Å². The van der Waals surface area contributed by atoms with E-state index in [0.29, 0.717) is 18.4 Å². The minimum atomic E-state index is -3.06. The van der Waals surface area contributed by atoms with Crippen LogP contribution in [0.25, 0.3) is 0 Å². The molecule has 2 fully saturated rings. The van der Waals surface area contributed by atoms with Crippen LogP contribution in [0.5, 0.6) is 5.75 Å². The van der Waals surface area contributed by atoms with E-state index in [9.17, 15) is 44.1 Å². The number of rotatable bonds is 8. The number of nitrogens with two attached hydrogens (primary N) is 1. The van der Waals surface area contributed by atoms with Crippen LogP contribution in [-0.4, -0.2) is 99.7 Å². The number of aliphatic hydroxyl groups excluding tert-OH is 1. The van der Waals surface area contributed by atoms with Crippen LogP contribution in [0, 0.1) is 23.7 Å². The molecule has 13 heteroatoms. The molecule has 3 unspecified atom stereocenters. The molecule has 0 aromatic heterocycles. The van der Waals surface area contributed by atoms with E-state index in [-0.39, 0.29) is 24.3 Å². The number of phenols is 1. The summed E-state index contributed by atoms with van der Waals surface area (Å²) in [6.45, 7) is 3.65. The molecule has 1 aromatic rings. The number of phenolic OH excluding ortho intramolecular Hbond substituents is 1. The van der Waals surface area contributed by atoms with Crippen molar-refractivity contribution < 1.29 is 48.8 Å². The Balaban J connectivity index is 1.79. The smallest absolute Gasteiger partial charge is 0.328 e. The predicted molar refractivity (Wildman–Crippen MR) is 142 cm³/mol. The number of aliphatic hydroxyl groups is 2. The van der Waals surface area contributed by atoms with Gasteiger partial charge in [-0.15, -0.1) is 0 Å². The molecule has 1 amide bonds. The van der Waals surface area contributed by atoms with Crippen molar-refractivity contribution in [3.8, 4) is 5.75 Å². The maximum Gasteiger partial charge on any atom is 0.328 e. The monoisotopic (exact) mass is 573 g/mol. The van der Waals surface area contributed by atoms with Crippen molar-refractivity contribution in [3.05, 3.63) is 23.3 Å². The highest BCUT2D eigenvalue weighted by molar-refractivity contribution is 6.32. The maximum atomic E-state index is 13.9. The van der Waals surface area contributed by atoms with Crippen LogP contribution in [0.2, 0.25) is 0 Å². The number of nitrogens with zero attached hydrogens (tertiary/aromatic N) is 1. The maximum absolute atomic E-state index is 13.9. The molecule has 1 aromatic carbocycles. The highest BCUT2D eigenvalue weighted by Crippen LogP contribution is 2.51. The molecule has 0 radical (unpaired) electrons. The molecule has 6 N–H and O–H groups in total. The first kappa shape index (κ1) is 30.3. The average molecular weight is 574 g/mol. The second-order valence-corrected chi connectivity index (χ2v) is 11.1. The summed E-state index contributed by atoms with van der Waals surface area (Å²) in [5, 5.41) is 37.2. The quantitative estimate of drug-likeness (QED) is 0.144. The van der Waals surface area contributed by atoms with Crippen LogP contribution in [0.4, 0.5) is 5.69 Å². The number of amides is 1. The Morgan fingerprint density at radius 3 is 2.39 bits per heavy atom. The summed E-state index contributed by atoms with van der Waals surface area (Å²) in [6, 6.07) is 0.720. The minimum Gasteiger partial charge on any atom is -0.505 e. The molecule has 41 heavy (non-hydrogen) atoms. The van der Waals surface area contributed by atoms with Crippen molar-refractivity contribution >= 4 is 40.7 Å². The van der Waals surface area contributed by atoms with E-state index in [1.807, 2.05) is 6.92 Å². The number of carbonyl (C=O) groups excluding carboxylic acids is 6. The minimum absolute atomic E-state index is 0.0308. The summed E-state index contributed by atoms with van der Waals surface area (Å²) in [7, 11) is 2.85. The number of carbonyl (C=O) groups is 6. The SMILES string of the molecule is CCCC(Nc1ccc2c(c1O)C(=O)C1C(=O)[C@@]3(O)C(=O)C(C(N)=O)C(=O)[C@H](N(C)C)[C@H]3[C@H](O)[C@H]1C2)C(=O)OCC. The van der Waals surface area contributed by atoms with Gasteiger partial charge in [0.05, 0.1) is 41.8 Å². The standard InChI is InChI=1S/C28H35N3O10/c1-5-7-14(27(39)41-6-2)30-13-9-8-11-10-12-16(22(34)15(11)21(13)33)24(36)28(40)18(20(12)32)19(31(3)4)23(35)17(25(28)37)26(29)38/h8-9,12,14,16-20,30,32-33,40H,5-7,10H2,1-4H3,(H2,29,38)/t12-,14?,16?,17?,18-,19+,20+,28+/m0/s1. The first-order valence-electron chi connectivity index (χ1n) is 13.5. The van der Waals surface area contributed by atoms with Gasteiger partial charge in [0.25, 0.3) is 0 Å². The van der Waals surface area contributed by atoms with Crippen LogP contribution in [0.1, 0.15) is 42.6 Å². The lowest BCUT2D eigenvalue weighted by molar-refractivity contribution is -0.195. The van der Waals surface area contributed by atoms with Crippen LogP contribution < -0.4 is 11.1 Å². The number of hydrogen-bond acceptors (Lipinski definition) is 12. The van der Waals surface area contributed by atoms with Crippen molar-refractivity contribution in [2.24, 2.45) is 29.4 Å². The van der Waals surface area contributed by atoms with Gasteiger partial charge in [0.1, 0.15) is 11.8 Å². The molecule has 13 nitrogen and oxygen atoms in total. The van der Waals surface area contributed by atoms with Gasteiger partial charge >= 0.3 is 5.97 Å². The van der Waals surface area contributed by atoms with Gasteiger partial charge in [-0.25, -0.2) is 4.79 Å². The van der Waals surface area contributed by atoms with Gasteiger partial charge < -0.3 is 31.1 Å². The van der Waals surface area contributed by atoms with Gasteiger partial charge in [0, 0.05) is 5.92 Å². The number of ether oxygens (including phenoxy) is 1. The third-order valence-electron chi connectivity index (χ3n) is 8.50. The normalized spacial score (nSPS) is 31.7. The molecule has 3 aliphatic carbocycles. The van der Waals surface area contributed by atoms with Crippen LogP contribution >= 0.6 is 0 Å². The molecule has 0 saturated heterocycles. The van der Waals surface area contributed by atoms with Crippen molar-refractivity contribution in [2.75, 3.05) is 26.0 Å². The summed E-state index contributed by atoms with van der Waals surface area (Å²) in [5.74, 6) is -13.8. The number of fused-ring (bicyclic) bond motifs is 3. The molecule has 0 spiro atoms. The van der Waals surface area contributed by atoms with E-state index in [1.165, 1.54) is 31.1 Å². The van der Waals surface area contributed by atoms with Crippen LogP contribution in [0.15, 0.2) is 12.1 Å². The number of anilines is 1. The summed E-state index contributed by atoms with van der Waals surface area (Å²) >= 11 is 0. The second kappa shape index (κ2) is 11.0. The Bertz CT molecular complexity index is 1330. The fourth-order valence-corrected chi connectivity index (χ4v) is 6.67. The van der Waals surface area contributed by atoms with Gasteiger partial charge in [-0.3, -0.25) is 28.9 Å². The van der Waals surface area contributed by atoms with Gasteiger partial charge in [0.15, 0.2) is 34.7 Å². The zero-order chi connectivity index (χ0) is 30.5. The molecular formula is C28H35N3O10. The van der Waals surface area contributed by atoms with Gasteiger partial charge in [0.2, 0.25) is 5.91 Å². The second-order valence-electron chi connectivity index (χ2n) is 11.1. The number of nitrogens with one attached hydrogen (secondary N) is 1. The Hall–Kier alpha value is -3.68. The highest BCUT2D eigenvalue weighted by atomic mass is 16.5. The number of ketones is 4. The van der Waals surface area contributed by atoms with E-state index < -0.39 is 88.2 Å². The number of likely N-dealkylation sites (N-methyl/N-ethyl adjacent to an activating group) is 1. The Morgan fingerprint density at radius 2 is 1.83 bits per heavy atom. The molecule has 222 valence electrons. The fourth-order valence-electron chi connectivity index (χ4n) is 6.67. The zero-order valence-electron chi connectivity index (χ0n) is 23.2. The largest absolute Gasteiger partial charge is 0.505 e. The summed E-state index contributed by atoms with van der Waals surface area (Å²) in [4.78, 5) is 80.1. The number of benzene rings is 1. The molecule has 0 bridgehead atoms. The fraction of sp³-hybridized carbons (Fsp3) is 0.571. The number of aromatic hydroxyl groups is 1. The lowest BCUT2D eigenvalue weighted by Gasteiger charge is -2.54. The summed E-state index contributed by atoms with van der Waals surface area (Å²) < 4.78 is 5.09. The Morgan fingerprint density at radius 1 is 1.17 bits per heavy atom.